The summed E-state index contributed by atoms with van der Waals surface area (Å²) < 4.78 is 44.1. The third-order valence-corrected chi connectivity index (χ3v) is 5.42. The monoisotopic (exact) mass is 419 g/mol. The van der Waals surface area contributed by atoms with Crippen molar-refractivity contribution in [3.8, 4) is 0 Å². The molecule has 0 spiro atoms. The van der Waals surface area contributed by atoms with Gasteiger partial charge in [-0.1, -0.05) is 50.2 Å². The molecule has 2 aromatic rings. The molecule has 1 N–H and O–H groups in total. The quantitative estimate of drug-likeness (QED) is 0.570. The molecule has 2 aromatic carbocycles. The van der Waals surface area contributed by atoms with Gasteiger partial charge in [0.2, 0.25) is 5.91 Å². The number of alkyl halides is 3. The van der Waals surface area contributed by atoms with Gasteiger partial charge in [0.25, 0.3) is 0 Å². The Morgan fingerprint density at radius 2 is 1.63 bits per heavy atom. The first kappa shape index (κ1) is 22.3. The van der Waals surface area contributed by atoms with Crippen molar-refractivity contribution >= 4 is 5.91 Å². The van der Waals surface area contributed by atoms with Crippen LogP contribution < -0.4 is 5.32 Å². The van der Waals surface area contributed by atoms with E-state index in [1.807, 2.05) is 26.0 Å². The summed E-state index contributed by atoms with van der Waals surface area (Å²) in [5.41, 5.74) is 2.26. The predicted octanol–water partition coefficient (Wildman–Crippen LogP) is 6.00. The molecule has 0 bridgehead atoms. The largest absolute Gasteiger partial charge is 0.416 e. The highest BCUT2D eigenvalue weighted by atomic mass is 19.4. The zero-order valence-electron chi connectivity index (χ0n) is 17.5. The second-order valence-electron chi connectivity index (χ2n) is 8.34. The third kappa shape index (κ3) is 5.85. The Balaban J connectivity index is 1.57. The lowest BCUT2D eigenvalue weighted by Gasteiger charge is -2.24. The summed E-state index contributed by atoms with van der Waals surface area (Å²) in [6, 6.07) is 12.7. The van der Waals surface area contributed by atoms with E-state index in [-0.39, 0.29) is 11.8 Å². The van der Waals surface area contributed by atoms with E-state index in [4.69, 9.17) is 4.74 Å². The maximum absolute atomic E-state index is 12.8. The molecule has 0 saturated heterocycles. The van der Waals surface area contributed by atoms with E-state index in [0.717, 1.165) is 17.7 Å². The fourth-order valence-electron chi connectivity index (χ4n) is 3.40. The molecule has 1 aliphatic carbocycles. The minimum absolute atomic E-state index is 0.0458. The van der Waals surface area contributed by atoms with Crippen LogP contribution in [0.25, 0.3) is 0 Å². The number of hydrogen-bond acceptors (Lipinski definition) is 2. The summed E-state index contributed by atoms with van der Waals surface area (Å²) in [4.78, 5) is 12.8. The maximum Gasteiger partial charge on any atom is 0.416 e. The molecule has 0 radical (unpaired) electrons. The van der Waals surface area contributed by atoms with Gasteiger partial charge in [-0.15, -0.1) is 0 Å². The van der Waals surface area contributed by atoms with Gasteiger partial charge in [0, 0.05) is 0 Å². The van der Waals surface area contributed by atoms with Crippen LogP contribution in [-0.4, -0.2) is 12.0 Å². The van der Waals surface area contributed by atoms with E-state index in [9.17, 15) is 18.0 Å². The Kier molecular flexibility index (Phi) is 6.86. The molecule has 2 atom stereocenters. The zero-order valence-corrected chi connectivity index (χ0v) is 17.5. The number of carbonyl (C=O) groups excluding carboxylic acids is 1. The average Bonchev–Trinajstić information content (AvgIpc) is 3.53. The van der Waals surface area contributed by atoms with E-state index >= 15 is 0 Å². The van der Waals surface area contributed by atoms with Gasteiger partial charge in [0.15, 0.2) is 0 Å². The number of hydrogen-bond donors (Lipinski definition) is 1. The molecule has 30 heavy (non-hydrogen) atoms. The van der Waals surface area contributed by atoms with Gasteiger partial charge in [-0.2, -0.15) is 13.2 Å². The molecule has 1 fully saturated rings. The number of ether oxygens (including phenoxy) is 1. The van der Waals surface area contributed by atoms with Crippen molar-refractivity contribution in [3.63, 3.8) is 0 Å². The first-order valence-corrected chi connectivity index (χ1v) is 10.3. The highest BCUT2D eigenvalue weighted by Gasteiger charge is 2.30. The molecular formula is C24H28F3NO2. The van der Waals surface area contributed by atoms with E-state index in [1.54, 1.807) is 6.92 Å². The summed E-state index contributed by atoms with van der Waals surface area (Å²) in [6.45, 7) is 5.89. The zero-order chi connectivity index (χ0) is 21.9. The van der Waals surface area contributed by atoms with Crippen LogP contribution in [0.1, 0.15) is 67.8 Å². The van der Waals surface area contributed by atoms with Crippen molar-refractivity contribution in [2.45, 2.75) is 64.5 Å². The van der Waals surface area contributed by atoms with Gasteiger partial charge >= 0.3 is 6.18 Å². The van der Waals surface area contributed by atoms with Crippen LogP contribution in [0.4, 0.5) is 13.2 Å². The molecule has 162 valence electrons. The number of benzene rings is 2. The molecule has 0 aromatic heterocycles. The van der Waals surface area contributed by atoms with Crippen molar-refractivity contribution in [1.82, 2.24) is 5.32 Å². The minimum Gasteiger partial charge on any atom is -0.363 e. The lowest BCUT2D eigenvalue weighted by molar-refractivity contribution is -0.138. The molecule has 1 aliphatic rings. The summed E-state index contributed by atoms with van der Waals surface area (Å²) in [5, 5.41) is 2.86. The van der Waals surface area contributed by atoms with E-state index in [1.165, 1.54) is 30.5 Å². The third-order valence-electron chi connectivity index (χ3n) is 5.42. The first-order valence-electron chi connectivity index (χ1n) is 10.3. The summed E-state index contributed by atoms with van der Waals surface area (Å²) in [6.07, 6.45) is -2.52. The summed E-state index contributed by atoms with van der Waals surface area (Å²) in [7, 11) is 0. The highest BCUT2D eigenvalue weighted by Crippen LogP contribution is 2.40. The van der Waals surface area contributed by atoms with Crippen LogP contribution in [0.15, 0.2) is 48.5 Å². The van der Waals surface area contributed by atoms with Crippen LogP contribution in [0, 0.1) is 5.92 Å². The number of rotatable bonds is 8. The predicted molar refractivity (Wildman–Crippen MR) is 110 cm³/mol. The Morgan fingerprint density at radius 1 is 1.03 bits per heavy atom. The number of carbonyl (C=O) groups is 1. The van der Waals surface area contributed by atoms with Gasteiger partial charge in [-0.25, -0.2) is 0 Å². The number of amides is 1. The van der Waals surface area contributed by atoms with Crippen LogP contribution in [0.3, 0.4) is 0 Å². The molecule has 1 amide bonds. The van der Waals surface area contributed by atoms with E-state index in [0.29, 0.717) is 18.1 Å². The van der Waals surface area contributed by atoms with Crippen molar-refractivity contribution in [2.75, 3.05) is 0 Å². The first-order chi connectivity index (χ1) is 14.1. The Hall–Kier alpha value is -2.34. The van der Waals surface area contributed by atoms with Crippen molar-refractivity contribution in [2.24, 2.45) is 5.92 Å². The fraction of sp³-hybridized carbons (Fsp3) is 0.458. The lowest BCUT2D eigenvalue weighted by Crippen LogP contribution is -2.40. The molecule has 1 saturated carbocycles. The minimum atomic E-state index is -4.38. The fourth-order valence-corrected chi connectivity index (χ4v) is 3.40. The molecule has 0 heterocycles. The number of nitrogens with one attached hydrogen (secondary N) is 1. The topological polar surface area (TPSA) is 38.3 Å². The van der Waals surface area contributed by atoms with Gasteiger partial charge in [-0.3, -0.25) is 4.79 Å². The van der Waals surface area contributed by atoms with Gasteiger partial charge in [0.1, 0.15) is 6.10 Å². The number of halogens is 3. The second kappa shape index (κ2) is 9.21. The Morgan fingerprint density at radius 3 is 2.13 bits per heavy atom. The second-order valence-corrected chi connectivity index (χ2v) is 8.34. The van der Waals surface area contributed by atoms with Crippen LogP contribution in [0.2, 0.25) is 0 Å². The molecule has 0 aliphatic heterocycles. The van der Waals surface area contributed by atoms with Gasteiger partial charge in [0.05, 0.1) is 18.2 Å². The van der Waals surface area contributed by atoms with Gasteiger partial charge in [-0.05, 0) is 60.4 Å². The lowest BCUT2D eigenvalue weighted by atomic mass is 10.0. The van der Waals surface area contributed by atoms with Crippen LogP contribution in [-0.2, 0) is 22.3 Å². The normalized spacial score (nSPS) is 16.4. The standard InChI is InChI=1S/C24H28F3NO2/c1-15(2)22(30-14-17-4-6-19(7-5-17)20-8-9-20)23(29)28-16(3)18-10-12-21(13-11-18)24(25,26)27/h4-7,10-13,15-16,20,22H,8-9,14H2,1-3H3,(H,28,29)/t16-,22?/m0/s1. The summed E-state index contributed by atoms with van der Waals surface area (Å²) in [5.74, 6) is 0.378. The average molecular weight is 419 g/mol. The molecular weight excluding hydrogens is 391 g/mol. The molecule has 1 unspecified atom stereocenters. The van der Waals surface area contributed by atoms with E-state index < -0.39 is 23.9 Å². The van der Waals surface area contributed by atoms with E-state index in [2.05, 4.69) is 17.4 Å². The molecule has 3 rings (SSSR count). The van der Waals surface area contributed by atoms with Gasteiger partial charge < -0.3 is 10.1 Å². The van der Waals surface area contributed by atoms with Crippen LogP contribution >= 0.6 is 0 Å². The highest BCUT2D eigenvalue weighted by molar-refractivity contribution is 5.81. The van der Waals surface area contributed by atoms with Crippen molar-refractivity contribution in [1.29, 1.82) is 0 Å². The SMILES string of the molecule is CC(C)C(OCc1ccc(C2CC2)cc1)C(=O)N[C@@H](C)c1ccc(C(F)(F)F)cc1. The summed E-state index contributed by atoms with van der Waals surface area (Å²) >= 11 is 0. The Bertz CT molecular complexity index is 840. The van der Waals surface area contributed by atoms with Crippen molar-refractivity contribution in [3.05, 3.63) is 70.8 Å². The smallest absolute Gasteiger partial charge is 0.363 e. The maximum atomic E-state index is 12.8. The molecule has 6 heteroatoms. The van der Waals surface area contributed by atoms with Crippen LogP contribution in [0.5, 0.6) is 0 Å². The molecule has 3 nitrogen and oxygen atoms in total. The van der Waals surface area contributed by atoms with Crippen molar-refractivity contribution < 1.29 is 22.7 Å². The Labute approximate surface area is 175 Å².